The number of nitrogens with one attached hydrogen (secondary N) is 1. The van der Waals surface area contributed by atoms with Crippen LogP contribution in [0.1, 0.15) is 12.0 Å². The molecule has 0 aromatic heterocycles. The molecule has 0 radical (unpaired) electrons. The highest BCUT2D eigenvalue weighted by Crippen LogP contribution is 2.22. The maximum Gasteiger partial charge on any atom is 0.106 e. The van der Waals surface area contributed by atoms with Crippen LogP contribution in [0.4, 0.5) is 5.69 Å². The molecular weight excluding hydrogens is 266 g/mol. The first-order valence-corrected chi connectivity index (χ1v) is 6.86. The van der Waals surface area contributed by atoms with Crippen LogP contribution >= 0.6 is 23.8 Å². The van der Waals surface area contributed by atoms with Gasteiger partial charge >= 0.3 is 0 Å². The van der Waals surface area contributed by atoms with E-state index in [0.29, 0.717) is 15.9 Å². The minimum atomic E-state index is 0.401. The van der Waals surface area contributed by atoms with Gasteiger partial charge in [-0.05, 0) is 44.1 Å². The molecule has 1 aromatic carbocycles. The van der Waals surface area contributed by atoms with Gasteiger partial charge in [0.05, 0.1) is 0 Å². The SMILES string of the molecule is CN1CCC(CNc2cc(Cl)ccc2C(N)=S)C1. The first-order valence-electron chi connectivity index (χ1n) is 6.08. The average Bonchev–Trinajstić information content (AvgIpc) is 2.72. The topological polar surface area (TPSA) is 41.3 Å². The second kappa shape index (κ2) is 5.87. The number of halogens is 1. The van der Waals surface area contributed by atoms with Gasteiger partial charge in [-0.1, -0.05) is 23.8 Å². The van der Waals surface area contributed by atoms with E-state index in [9.17, 15) is 0 Å². The Morgan fingerprint density at radius 3 is 3.00 bits per heavy atom. The van der Waals surface area contributed by atoms with Crippen LogP contribution in [-0.4, -0.2) is 36.6 Å². The number of nitrogens with two attached hydrogens (primary N) is 1. The standard InChI is InChI=1S/C13H18ClN3S/c1-17-5-4-9(8-17)7-16-12-6-10(14)2-3-11(12)13(15)18/h2-3,6,9,16H,4-5,7-8H2,1H3,(H2,15,18). The van der Waals surface area contributed by atoms with E-state index in [4.69, 9.17) is 29.6 Å². The molecule has 0 bridgehead atoms. The van der Waals surface area contributed by atoms with Gasteiger partial charge in [-0.3, -0.25) is 0 Å². The third-order valence-corrected chi connectivity index (χ3v) is 3.77. The Hall–Kier alpha value is -0.840. The van der Waals surface area contributed by atoms with Crippen molar-refractivity contribution < 1.29 is 0 Å². The second-order valence-corrected chi connectivity index (χ2v) is 5.73. The van der Waals surface area contributed by atoms with Crippen LogP contribution in [0, 0.1) is 5.92 Å². The number of likely N-dealkylation sites (tertiary alicyclic amines) is 1. The summed E-state index contributed by atoms with van der Waals surface area (Å²) >= 11 is 11.1. The number of benzene rings is 1. The lowest BCUT2D eigenvalue weighted by atomic mass is 10.1. The predicted octanol–water partition coefficient (Wildman–Crippen LogP) is 2.34. The average molecular weight is 284 g/mol. The predicted molar refractivity (Wildman–Crippen MR) is 81.4 cm³/mol. The van der Waals surface area contributed by atoms with E-state index >= 15 is 0 Å². The summed E-state index contributed by atoms with van der Waals surface area (Å²) in [5, 5.41) is 4.11. The van der Waals surface area contributed by atoms with E-state index in [0.717, 1.165) is 24.3 Å². The molecule has 98 valence electrons. The first kappa shape index (κ1) is 13.6. The Morgan fingerprint density at radius 2 is 2.39 bits per heavy atom. The normalized spacial score (nSPS) is 20.0. The van der Waals surface area contributed by atoms with Crippen molar-refractivity contribution in [3.63, 3.8) is 0 Å². The molecule has 1 fully saturated rings. The van der Waals surface area contributed by atoms with E-state index in [1.165, 1.54) is 13.0 Å². The lowest BCUT2D eigenvalue weighted by Gasteiger charge is -2.15. The Kier molecular flexibility index (Phi) is 4.43. The summed E-state index contributed by atoms with van der Waals surface area (Å²) in [4.78, 5) is 2.75. The summed E-state index contributed by atoms with van der Waals surface area (Å²) in [5.74, 6) is 0.674. The molecule has 0 saturated carbocycles. The molecule has 0 aliphatic carbocycles. The largest absolute Gasteiger partial charge is 0.389 e. The van der Waals surface area contributed by atoms with Gasteiger partial charge in [-0.25, -0.2) is 0 Å². The molecule has 1 aliphatic rings. The molecule has 1 unspecified atom stereocenters. The van der Waals surface area contributed by atoms with Gasteiger partial charge in [-0.15, -0.1) is 0 Å². The van der Waals surface area contributed by atoms with E-state index in [1.54, 1.807) is 0 Å². The third-order valence-electron chi connectivity index (χ3n) is 3.32. The van der Waals surface area contributed by atoms with Crippen molar-refractivity contribution in [3.05, 3.63) is 28.8 Å². The van der Waals surface area contributed by atoms with Gasteiger partial charge in [0.1, 0.15) is 4.99 Å². The van der Waals surface area contributed by atoms with Crippen molar-refractivity contribution in [3.8, 4) is 0 Å². The molecule has 18 heavy (non-hydrogen) atoms. The van der Waals surface area contributed by atoms with Crippen LogP contribution in [0.2, 0.25) is 5.02 Å². The molecule has 1 atom stereocenters. The smallest absolute Gasteiger partial charge is 0.106 e. The van der Waals surface area contributed by atoms with Crippen LogP contribution in [0.3, 0.4) is 0 Å². The molecule has 1 aliphatic heterocycles. The third kappa shape index (κ3) is 3.34. The lowest BCUT2D eigenvalue weighted by molar-refractivity contribution is 0.399. The number of hydrogen-bond acceptors (Lipinski definition) is 3. The number of thiocarbonyl (C=S) groups is 1. The fourth-order valence-corrected chi connectivity index (χ4v) is 2.67. The zero-order valence-corrected chi connectivity index (χ0v) is 12.0. The van der Waals surface area contributed by atoms with Crippen LogP contribution in [0.25, 0.3) is 0 Å². The van der Waals surface area contributed by atoms with Crippen molar-refractivity contribution in [2.75, 3.05) is 32.0 Å². The van der Waals surface area contributed by atoms with E-state index in [2.05, 4.69) is 17.3 Å². The summed E-state index contributed by atoms with van der Waals surface area (Å²) in [6, 6.07) is 5.56. The van der Waals surface area contributed by atoms with Crippen molar-refractivity contribution in [1.82, 2.24) is 4.90 Å². The summed E-state index contributed by atoms with van der Waals surface area (Å²) in [7, 11) is 2.15. The molecule has 0 amide bonds. The highest BCUT2D eigenvalue weighted by molar-refractivity contribution is 7.80. The van der Waals surface area contributed by atoms with Crippen molar-refractivity contribution >= 4 is 34.5 Å². The quantitative estimate of drug-likeness (QED) is 0.833. The number of hydrogen-bond donors (Lipinski definition) is 2. The minimum Gasteiger partial charge on any atom is -0.389 e. The molecule has 0 spiro atoms. The molecular formula is C13H18ClN3S. The number of nitrogens with zero attached hydrogens (tertiary/aromatic N) is 1. The summed E-state index contributed by atoms with van der Waals surface area (Å²) in [5.41, 5.74) is 7.51. The van der Waals surface area contributed by atoms with Gasteiger partial charge in [0.15, 0.2) is 0 Å². The zero-order chi connectivity index (χ0) is 13.1. The van der Waals surface area contributed by atoms with Crippen molar-refractivity contribution in [1.29, 1.82) is 0 Å². The number of anilines is 1. The maximum absolute atomic E-state index is 6.01. The van der Waals surface area contributed by atoms with E-state index in [1.807, 2.05) is 18.2 Å². The molecule has 1 saturated heterocycles. The highest BCUT2D eigenvalue weighted by Gasteiger charge is 2.19. The fourth-order valence-electron chi connectivity index (χ4n) is 2.32. The van der Waals surface area contributed by atoms with E-state index < -0.39 is 0 Å². The molecule has 3 nitrogen and oxygen atoms in total. The van der Waals surface area contributed by atoms with Crippen LogP contribution < -0.4 is 11.1 Å². The highest BCUT2D eigenvalue weighted by atomic mass is 35.5. The van der Waals surface area contributed by atoms with Gasteiger partial charge in [0.25, 0.3) is 0 Å². The lowest BCUT2D eigenvalue weighted by Crippen LogP contribution is -2.20. The fraction of sp³-hybridized carbons (Fsp3) is 0.462. The Bertz CT molecular complexity index is 450. The minimum absolute atomic E-state index is 0.401. The van der Waals surface area contributed by atoms with Crippen LogP contribution in [0.15, 0.2) is 18.2 Å². The molecule has 5 heteroatoms. The van der Waals surface area contributed by atoms with Crippen molar-refractivity contribution in [2.24, 2.45) is 11.7 Å². The van der Waals surface area contributed by atoms with Crippen LogP contribution in [-0.2, 0) is 0 Å². The Balaban J connectivity index is 2.04. The molecule has 1 heterocycles. The summed E-state index contributed by atoms with van der Waals surface area (Å²) in [6.07, 6.45) is 1.23. The monoisotopic (exact) mass is 283 g/mol. The van der Waals surface area contributed by atoms with Gasteiger partial charge in [0.2, 0.25) is 0 Å². The molecule has 3 N–H and O–H groups in total. The first-order chi connectivity index (χ1) is 8.56. The number of rotatable bonds is 4. The van der Waals surface area contributed by atoms with Crippen LogP contribution in [0.5, 0.6) is 0 Å². The Labute approximate surface area is 118 Å². The zero-order valence-electron chi connectivity index (χ0n) is 10.4. The van der Waals surface area contributed by atoms with Gasteiger partial charge in [-0.2, -0.15) is 0 Å². The second-order valence-electron chi connectivity index (χ2n) is 4.85. The maximum atomic E-state index is 6.01. The molecule has 2 rings (SSSR count). The van der Waals surface area contributed by atoms with Crippen molar-refractivity contribution in [2.45, 2.75) is 6.42 Å². The Morgan fingerprint density at radius 1 is 1.61 bits per heavy atom. The summed E-state index contributed by atoms with van der Waals surface area (Å²) < 4.78 is 0. The molecule has 1 aromatic rings. The van der Waals surface area contributed by atoms with Gasteiger partial charge in [0, 0.05) is 29.4 Å². The van der Waals surface area contributed by atoms with Gasteiger partial charge < -0.3 is 16.0 Å². The summed E-state index contributed by atoms with van der Waals surface area (Å²) in [6.45, 7) is 3.24. The van der Waals surface area contributed by atoms with E-state index in [-0.39, 0.29) is 0 Å².